The molecule has 0 aliphatic carbocycles. The first-order chi connectivity index (χ1) is 7.22. The Hall–Kier alpha value is -0.960. The number of hydrogen-bond donors (Lipinski definition) is 0. The number of rotatable bonds is 4. The zero-order chi connectivity index (χ0) is 11.3. The molecule has 1 rings (SSSR count). The summed E-state index contributed by atoms with van der Waals surface area (Å²) in [5.41, 5.74) is 0.775. The van der Waals surface area contributed by atoms with E-state index in [0.717, 1.165) is 18.7 Å². The molecule has 3 heteroatoms. The van der Waals surface area contributed by atoms with E-state index < -0.39 is 0 Å². The van der Waals surface area contributed by atoms with Crippen molar-refractivity contribution in [3.05, 3.63) is 29.8 Å². The monoisotopic (exact) mass is 223 g/mol. The van der Waals surface area contributed by atoms with Gasteiger partial charge in [-0.25, -0.2) is 0 Å². The summed E-state index contributed by atoms with van der Waals surface area (Å²) < 4.78 is 0. The van der Waals surface area contributed by atoms with Crippen molar-refractivity contribution >= 4 is 17.7 Å². The minimum Gasteiger partial charge on any atom is -0.339 e. The Morgan fingerprint density at radius 2 is 1.73 bits per heavy atom. The topological polar surface area (TPSA) is 20.3 Å². The van der Waals surface area contributed by atoms with Gasteiger partial charge in [0.2, 0.25) is 0 Å². The quantitative estimate of drug-likeness (QED) is 0.732. The van der Waals surface area contributed by atoms with Crippen LogP contribution in [0.3, 0.4) is 0 Å². The molecule has 0 spiro atoms. The maximum atomic E-state index is 11.9. The van der Waals surface area contributed by atoms with Crippen LogP contribution in [-0.2, 0) is 0 Å². The molecular weight excluding hydrogens is 206 g/mol. The van der Waals surface area contributed by atoms with E-state index in [1.54, 1.807) is 11.8 Å². The first-order valence-electron chi connectivity index (χ1n) is 5.16. The number of hydrogen-bond acceptors (Lipinski definition) is 2. The van der Waals surface area contributed by atoms with Gasteiger partial charge in [-0.2, -0.15) is 0 Å². The van der Waals surface area contributed by atoms with Gasteiger partial charge in [0.25, 0.3) is 5.91 Å². The zero-order valence-electron chi connectivity index (χ0n) is 9.49. The molecule has 0 unspecified atom stereocenters. The second-order valence-corrected chi connectivity index (χ2v) is 4.09. The number of carbonyl (C=O) groups excluding carboxylic acids is 1. The van der Waals surface area contributed by atoms with E-state index >= 15 is 0 Å². The summed E-state index contributed by atoms with van der Waals surface area (Å²) >= 11 is 1.68. The summed E-state index contributed by atoms with van der Waals surface area (Å²) in [5.74, 6) is 0.118. The Bertz CT molecular complexity index is 317. The summed E-state index contributed by atoms with van der Waals surface area (Å²) in [6, 6.07) is 7.77. The van der Waals surface area contributed by atoms with Gasteiger partial charge in [0.1, 0.15) is 0 Å². The maximum absolute atomic E-state index is 11.9. The zero-order valence-corrected chi connectivity index (χ0v) is 10.3. The molecular formula is C12H17NOS. The average Bonchev–Trinajstić information content (AvgIpc) is 2.30. The SMILES string of the molecule is CCN(CC)C(=O)c1ccc(SC)cc1. The van der Waals surface area contributed by atoms with Gasteiger partial charge in [-0.15, -0.1) is 11.8 Å². The molecule has 1 amide bonds. The van der Waals surface area contributed by atoms with Crippen LogP contribution in [0.2, 0.25) is 0 Å². The Morgan fingerprint density at radius 3 is 2.13 bits per heavy atom. The van der Waals surface area contributed by atoms with Crippen molar-refractivity contribution in [3.63, 3.8) is 0 Å². The largest absolute Gasteiger partial charge is 0.339 e. The van der Waals surface area contributed by atoms with Crippen LogP contribution < -0.4 is 0 Å². The third kappa shape index (κ3) is 2.99. The van der Waals surface area contributed by atoms with Crippen LogP contribution in [0.1, 0.15) is 24.2 Å². The second kappa shape index (κ2) is 5.81. The highest BCUT2D eigenvalue weighted by atomic mass is 32.2. The maximum Gasteiger partial charge on any atom is 0.253 e. The fourth-order valence-electron chi connectivity index (χ4n) is 1.43. The summed E-state index contributed by atoms with van der Waals surface area (Å²) in [6.07, 6.45) is 2.03. The molecule has 0 saturated carbocycles. The summed E-state index contributed by atoms with van der Waals surface area (Å²) in [6.45, 7) is 5.52. The third-order valence-electron chi connectivity index (χ3n) is 2.39. The van der Waals surface area contributed by atoms with Gasteiger partial charge in [0, 0.05) is 23.5 Å². The molecule has 82 valence electrons. The number of nitrogens with zero attached hydrogens (tertiary/aromatic N) is 1. The van der Waals surface area contributed by atoms with Crippen molar-refractivity contribution in [2.45, 2.75) is 18.7 Å². The molecule has 0 aliphatic heterocycles. The summed E-state index contributed by atoms with van der Waals surface area (Å²) in [5, 5.41) is 0. The van der Waals surface area contributed by atoms with E-state index in [1.165, 1.54) is 4.90 Å². The van der Waals surface area contributed by atoms with Crippen LogP contribution in [0, 0.1) is 0 Å². The van der Waals surface area contributed by atoms with Crippen molar-refractivity contribution in [1.29, 1.82) is 0 Å². The molecule has 1 aromatic carbocycles. The third-order valence-corrected chi connectivity index (χ3v) is 3.13. The lowest BCUT2D eigenvalue weighted by Gasteiger charge is -2.18. The van der Waals surface area contributed by atoms with Gasteiger partial charge in [0.05, 0.1) is 0 Å². The minimum atomic E-state index is 0.118. The molecule has 0 saturated heterocycles. The number of carbonyl (C=O) groups is 1. The molecule has 0 heterocycles. The van der Waals surface area contributed by atoms with Crippen LogP contribution in [0.5, 0.6) is 0 Å². The Balaban J connectivity index is 2.82. The highest BCUT2D eigenvalue weighted by Gasteiger charge is 2.11. The fraction of sp³-hybridized carbons (Fsp3) is 0.417. The van der Waals surface area contributed by atoms with Crippen molar-refractivity contribution in [2.75, 3.05) is 19.3 Å². The van der Waals surface area contributed by atoms with Gasteiger partial charge in [0.15, 0.2) is 0 Å². The van der Waals surface area contributed by atoms with Gasteiger partial charge >= 0.3 is 0 Å². The van der Waals surface area contributed by atoms with Crippen LogP contribution in [-0.4, -0.2) is 30.2 Å². The van der Waals surface area contributed by atoms with E-state index in [1.807, 2.05) is 49.3 Å². The lowest BCUT2D eigenvalue weighted by molar-refractivity contribution is 0.0773. The molecule has 0 aliphatic rings. The first kappa shape index (κ1) is 12.1. The Kier molecular flexibility index (Phi) is 4.69. The van der Waals surface area contributed by atoms with Crippen LogP contribution in [0.25, 0.3) is 0 Å². The molecule has 0 aromatic heterocycles. The molecule has 0 fully saturated rings. The van der Waals surface area contributed by atoms with E-state index in [9.17, 15) is 4.79 Å². The minimum absolute atomic E-state index is 0.118. The van der Waals surface area contributed by atoms with Crippen LogP contribution in [0.4, 0.5) is 0 Å². The van der Waals surface area contributed by atoms with Crippen molar-refractivity contribution in [1.82, 2.24) is 4.90 Å². The molecule has 0 radical (unpaired) electrons. The summed E-state index contributed by atoms with van der Waals surface area (Å²) in [4.78, 5) is 14.9. The standard InChI is InChI=1S/C12H17NOS/c1-4-13(5-2)12(14)10-6-8-11(15-3)9-7-10/h6-9H,4-5H2,1-3H3. The van der Waals surface area contributed by atoms with Crippen LogP contribution >= 0.6 is 11.8 Å². The van der Waals surface area contributed by atoms with Crippen LogP contribution in [0.15, 0.2) is 29.2 Å². The van der Waals surface area contributed by atoms with E-state index in [-0.39, 0.29) is 5.91 Å². The molecule has 0 N–H and O–H groups in total. The number of thioether (sulfide) groups is 1. The van der Waals surface area contributed by atoms with Crippen molar-refractivity contribution < 1.29 is 4.79 Å². The van der Waals surface area contributed by atoms with Crippen molar-refractivity contribution in [2.24, 2.45) is 0 Å². The number of benzene rings is 1. The molecule has 15 heavy (non-hydrogen) atoms. The molecule has 0 atom stereocenters. The smallest absolute Gasteiger partial charge is 0.253 e. The van der Waals surface area contributed by atoms with E-state index in [4.69, 9.17) is 0 Å². The van der Waals surface area contributed by atoms with Gasteiger partial charge < -0.3 is 4.90 Å². The first-order valence-corrected chi connectivity index (χ1v) is 6.38. The average molecular weight is 223 g/mol. The van der Waals surface area contributed by atoms with Crippen molar-refractivity contribution in [3.8, 4) is 0 Å². The molecule has 2 nitrogen and oxygen atoms in total. The second-order valence-electron chi connectivity index (χ2n) is 3.21. The van der Waals surface area contributed by atoms with E-state index in [0.29, 0.717) is 0 Å². The highest BCUT2D eigenvalue weighted by molar-refractivity contribution is 7.98. The van der Waals surface area contributed by atoms with Gasteiger partial charge in [-0.05, 0) is 44.4 Å². The van der Waals surface area contributed by atoms with E-state index in [2.05, 4.69) is 0 Å². The van der Waals surface area contributed by atoms with Gasteiger partial charge in [-0.3, -0.25) is 4.79 Å². The predicted octanol–water partition coefficient (Wildman–Crippen LogP) is 2.89. The molecule has 1 aromatic rings. The highest BCUT2D eigenvalue weighted by Crippen LogP contribution is 2.15. The fourth-order valence-corrected chi connectivity index (χ4v) is 1.84. The normalized spacial score (nSPS) is 10.1. The van der Waals surface area contributed by atoms with Gasteiger partial charge in [-0.1, -0.05) is 0 Å². The summed E-state index contributed by atoms with van der Waals surface area (Å²) in [7, 11) is 0. The predicted molar refractivity (Wildman–Crippen MR) is 65.5 cm³/mol. The Labute approximate surface area is 95.7 Å². The lowest BCUT2D eigenvalue weighted by Crippen LogP contribution is -2.30. The number of amides is 1. The lowest BCUT2D eigenvalue weighted by atomic mass is 10.2. The Morgan fingerprint density at radius 1 is 1.20 bits per heavy atom. The molecule has 0 bridgehead atoms.